The number of hydrogen-bond acceptors (Lipinski definition) is 4. The number of aryl methyl sites for hydroxylation is 1. The Morgan fingerprint density at radius 3 is 2.78 bits per heavy atom. The van der Waals surface area contributed by atoms with Crippen LogP contribution in [0.2, 0.25) is 0 Å². The number of aromatic nitrogens is 4. The molecule has 170 valence electrons. The van der Waals surface area contributed by atoms with E-state index in [0.29, 0.717) is 37.8 Å². The van der Waals surface area contributed by atoms with E-state index in [0.717, 1.165) is 11.3 Å². The molecular weight excluding hydrogens is 526 g/mol. The number of rotatable bonds is 5. The lowest BCUT2D eigenvalue weighted by Gasteiger charge is -2.35. The van der Waals surface area contributed by atoms with Crippen LogP contribution in [0.5, 0.6) is 0 Å². The predicted molar refractivity (Wildman–Crippen MR) is 131 cm³/mol. The summed E-state index contributed by atoms with van der Waals surface area (Å²) in [6.45, 7) is 4.35. The number of amides is 1. The predicted octanol–water partition coefficient (Wildman–Crippen LogP) is 2.18. The van der Waals surface area contributed by atoms with Crippen LogP contribution >= 0.6 is 24.0 Å². The van der Waals surface area contributed by atoms with Crippen molar-refractivity contribution in [1.82, 2.24) is 29.5 Å². The highest BCUT2D eigenvalue weighted by molar-refractivity contribution is 14.0. The standard InChI is InChI=1S/C21H25FN8O.HI/c1-3-24-21(28-8-9-30(20(31)14-28)17-12-26-27(2)13-17)25-11-16-4-5-19(18(22)10-16)29-7-6-23-15-29;/h4-7,10,12-13,15H,3,8-9,11,14H2,1-2H3,(H,24,25);1H. The largest absolute Gasteiger partial charge is 0.356 e. The van der Waals surface area contributed by atoms with Gasteiger partial charge < -0.3 is 19.7 Å². The number of nitrogens with one attached hydrogen (secondary N) is 1. The van der Waals surface area contributed by atoms with E-state index in [4.69, 9.17) is 0 Å². The second-order valence-corrected chi connectivity index (χ2v) is 7.27. The molecule has 1 aliphatic rings. The Hall–Kier alpha value is -2.96. The van der Waals surface area contributed by atoms with Crippen LogP contribution in [-0.4, -0.2) is 62.3 Å². The van der Waals surface area contributed by atoms with Gasteiger partial charge in [-0.1, -0.05) is 6.07 Å². The number of carbonyl (C=O) groups is 1. The zero-order chi connectivity index (χ0) is 21.8. The fourth-order valence-corrected chi connectivity index (χ4v) is 3.53. The van der Waals surface area contributed by atoms with Crippen molar-refractivity contribution in [2.24, 2.45) is 12.0 Å². The van der Waals surface area contributed by atoms with Gasteiger partial charge in [-0.15, -0.1) is 24.0 Å². The van der Waals surface area contributed by atoms with Gasteiger partial charge in [-0.05, 0) is 24.6 Å². The summed E-state index contributed by atoms with van der Waals surface area (Å²) in [5, 5.41) is 7.37. The third kappa shape index (κ3) is 5.26. The Labute approximate surface area is 203 Å². The highest BCUT2D eigenvalue weighted by Crippen LogP contribution is 2.17. The molecule has 1 aromatic carbocycles. The van der Waals surface area contributed by atoms with E-state index in [2.05, 4.69) is 20.4 Å². The van der Waals surface area contributed by atoms with E-state index >= 15 is 0 Å². The third-order valence-electron chi connectivity index (χ3n) is 5.06. The van der Waals surface area contributed by atoms with Gasteiger partial charge in [0.2, 0.25) is 5.91 Å². The van der Waals surface area contributed by atoms with Crippen LogP contribution in [0, 0.1) is 5.82 Å². The first-order valence-corrected chi connectivity index (χ1v) is 10.1. The summed E-state index contributed by atoms with van der Waals surface area (Å²) < 4.78 is 17.8. The molecule has 3 aromatic rings. The van der Waals surface area contributed by atoms with Crippen LogP contribution in [0.25, 0.3) is 5.69 Å². The van der Waals surface area contributed by atoms with E-state index in [1.54, 1.807) is 45.1 Å². The van der Waals surface area contributed by atoms with Crippen LogP contribution in [0.1, 0.15) is 12.5 Å². The molecule has 0 aliphatic carbocycles. The molecule has 11 heteroatoms. The maximum absolute atomic E-state index is 14.5. The molecular formula is C21H26FIN8O. The second-order valence-electron chi connectivity index (χ2n) is 7.27. The van der Waals surface area contributed by atoms with Gasteiger partial charge in [0.05, 0.1) is 30.4 Å². The molecule has 0 saturated carbocycles. The lowest BCUT2D eigenvalue weighted by atomic mass is 10.2. The molecule has 1 fully saturated rings. The first-order chi connectivity index (χ1) is 15.0. The number of carbonyl (C=O) groups excluding carboxylic acids is 1. The van der Waals surface area contributed by atoms with Crippen molar-refractivity contribution in [3.05, 3.63) is 60.7 Å². The molecule has 32 heavy (non-hydrogen) atoms. The number of nitrogens with zero attached hydrogens (tertiary/aromatic N) is 7. The zero-order valence-electron chi connectivity index (χ0n) is 18.0. The molecule has 1 saturated heterocycles. The van der Waals surface area contributed by atoms with Crippen molar-refractivity contribution in [1.29, 1.82) is 0 Å². The monoisotopic (exact) mass is 552 g/mol. The number of anilines is 1. The maximum Gasteiger partial charge on any atom is 0.246 e. The number of halogens is 2. The number of hydrogen-bond donors (Lipinski definition) is 1. The van der Waals surface area contributed by atoms with Crippen LogP contribution < -0.4 is 10.2 Å². The van der Waals surface area contributed by atoms with Gasteiger partial charge in [0, 0.05) is 45.3 Å². The highest BCUT2D eigenvalue weighted by atomic mass is 127. The van der Waals surface area contributed by atoms with Crippen LogP contribution in [-0.2, 0) is 18.4 Å². The molecule has 0 atom stereocenters. The van der Waals surface area contributed by atoms with Crippen molar-refractivity contribution < 1.29 is 9.18 Å². The van der Waals surface area contributed by atoms with E-state index < -0.39 is 0 Å². The highest BCUT2D eigenvalue weighted by Gasteiger charge is 2.27. The molecule has 1 N–H and O–H groups in total. The van der Waals surface area contributed by atoms with Gasteiger partial charge in [0.15, 0.2) is 5.96 Å². The Kier molecular flexibility index (Phi) is 7.83. The van der Waals surface area contributed by atoms with Crippen molar-refractivity contribution in [3.8, 4) is 5.69 Å². The molecule has 9 nitrogen and oxygen atoms in total. The van der Waals surface area contributed by atoms with Gasteiger partial charge in [-0.25, -0.2) is 14.4 Å². The number of piperazine rings is 1. The topological polar surface area (TPSA) is 83.6 Å². The second kappa shape index (κ2) is 10.6. The fraction of sp³-hybridized carbons (Fsp3) is 0.333. The maximum atomic E-state index is 14.5. The average Bonchev–Trinajstić information content (AvgIpc) is 3.43. The Morgan fingerprint density at radius 1 is 1.31 bits per heavy atom. The minimum absolute atomic E-state index is 0. The summed E-state index contributed by atoms with van der Waals surface area (Å²) in [5.41, 5.74) is 1.98. The summed E-state index contributed by atoms with van der Waals surface area (Å²) in [5.74, 6) is 0.289. The first kappa shape index (κ1) is 23.7. The van der Waals surface area contributed by atoms with Crippen molar-refractivity contribution in [2.75, 3.05) is 31.1 Å². The van der Waals surface area contributed by atoms with Gasteiger partial charge >= 0.3 is 0 Å². The smallest absolute Gasteiger partial charge is 0.246 e. The minimum Gasteiger partial charge on any atom is -0.356 e. The minimum atomic E-state index is -0.337. The first-order valence-electron chi connectivity index (χ1n) is 10.1. The molecule has 0 unspecified atom stereocenters. The van der Waals surface area contributed by atoms with Gasteiger partial charge in [-0.2, -0.15) is 5.10 Å². The number of guanidine groups is 1. The Balaban J connectivity index is 0.00000289. The summed E-state index contributed by atoms with van der Waals surface area (Å²) in [6.07, 6.45) is 8.38. The summed E-state index contributed by atoms with van der Waals surface area (Å²) in [6, 6.07) is 5.04. The van der Waals surface area contributed by atoms with Crippen LogP contribution in [0.4, 0.5) is 10.1 Å². The van der Waals surface area contributed by atoms with Gasteiger partial charge in [-0.3, -0.25) is 9.48 Å². The lowest BCUT2D eigenvalue weighted by Crippen LogP contribution is -2.55. The molecule has 4 rings (SSSR count). The summed E-state index contributed by atoms with van der Waals surface area (Å²) >= 11 is 0. The normalized spacial score (nSPS) is 14.5. The quantitative estimate of drug-likeness (QED) is 0.298. The van der Waals surface area contributed by atoms with E-state index in [1.165, 1.54) is 6.07 Å². The molecule has 0 radical (unpaired) electrons. The van der Waals surface area contributed by atoms with E-state index in [9.17, 15) is 9.18 Å². The molecule has 1 amide bonds. The van der Waals surface area contributed by atoms with Crippen molar-refractivity contribution >= 4 is 41.5 Å². The zero-order valence-corrected chi connectivity index (χ0v) is 20.3. The Bertz CT molecular complexity index is 1080. The van der Waals surface area contributed by atoms with E-state index in [1.807, 2.05) is 31.1 Å². The number of benzene rings is 1. The number of imidazole rings is 1. The molecule has 0 bridgehead atoms. The lowest BCUT2D eigenvalue weighted by molar-refractivity contribution is -0.120. The molecule has 2 aromatic heterocycles. The summed E-state index contributed by atoms with van der Waals surface area (Å²) in [4.78, 5) is 24.9. The average molecular weight is 552 g/mol. The Morgan fingerprint density at radius 2 is 2.16 bits per heavy atom. The van der Waals surface area contributed by atoms with Gasteiger partial charge in [0.25, 0.3) is 0 Å². The molecule has 0 spiro atoms. The molecule has 1 aliphatic heterocycles. The van der Waals surface area contributed by atoms with E-state index in [-0.39, 0.29) is 42.2 Å². The summed E-state index contributed by atoms with van der Waals surface area (Å²) in [7, 11) is 1.82. The van der Waals surface area contributed by atoms with Crippen molar-refractivity contribution in [2.45, 2.75) is 13.5 Å². The third-order valence-corrected chi connectivity index (χ3v) is 5.06. The SMILES string of the molecule is CCNC(=NCc1ccc(-n2ccnc2)c(F)c1)N1CCN(c2cnn(C)c2)C(=O)C1.I. The van der Waals surface area contributed by atoms with Crippen LogP contribution in [0.15, 0.2) is 54.3 Å². The van der Waals surface area contributed by atoms with Crippen molar-refractivity contribution in [3.63, 3.8) is 0 Å². The van der Waals surface area contributed by atoms with Gasteiger partial charge in [0.1, 0.15) is 12.4 Å². The fourth-order valence-electron chi connectivity index (χ4n) is 3.53. The van der Waals surface area contributed by atoms with Crippen LogP contribution in [0.3, 0.4) is 0 Å². The number of aliphatic imine (C=N–C) groups is 1. The molecule has 3 heterocycles.